The van der Waals surface area contributed by atoms with Gasteiger partial charge in [0.1, 0.15) is 5.82 Å². The Morgan fingerprint density at radius 1 is 1.00 bits per heavy atom. The van der Waals surface area contributed by atoms with Gasteiger partial charge in [0, 0.05) is 17.3 Å². The van der Waals surface area contributed by atoms with Crippen molar-refractivity contribution in [1.82, 2.24) is 4.98 Å². The van der Waals surface area contributed by atoms with Crippen LogP contribution in [0.5, 0.6) is 0 Å². The highest BCUT2D eigenvalue weighted by atomic mass is 19.1. The molecule has 0 saturated carbocycles. The second kappa shape index (κ2) is 10.6. The van der Waals surface area contributed by atoms with E-state index < -0.39 is 0 Å². The number of aromatic nitrogens is 1. The molecule has 0 aliphatic carbocycles. The number of carbonyl (C=O) groups excluding carboxylic acids is 2. The summed E-state index contributed by atoms with van der Waals surface area (Å²) in [5, 5.41) is 6.28. The number of halogens is 1. The molecule has 1 aromatic heterocycles. The highest BCUT2D eigenvalue weighted by molar-refractivity contribution is 6.00. The molecule has 4 rings (SSSR count). The smallest absolute Gasteiger partial charge is 0.247 e. The average molecular weight is 427 g/mol. The average Bonchev–Trinajstić information content (AvgIpc) is 2.79. The zero-order chi connectivity index (χ0) is 22.9. The van der Waals surface area contributed by atoms with Crippen molar-refractivity contribution in [3.8, 4) is 11.1 Å². The van der Waals surface area contributed by atoms with Gasteiger partial charge in [0.25, 0.3) is 0 Å². The molecule has 6 heteroatoms. The van der Waals surface area contributed by atoms with E-state index in [1.165, 1.54) is 18.2 Å². The minimum Gasteiger partial charge on any atom is -0.328 e. The zero-order valence-corrected chi connectivity index (χ0v) is 17.5. The van der Waals surface area contributed by atoms with Gasteiger partial charge in [-0.15, -0.1) is 0 Å². The van der Waals surface area contributed by atoms with Crippen LogP contribution in [0.25, 0.3) is 22.0 Å². The molecule has 0 bridgehead atoms. The third kappa shape index (κ3) is 5.86. The molecule has 1 heterocycles. The molecule has 2 N–H and O–H groups in total. The molecule has 160 valence electrons. The fraction of sp³-hybridized carbons (Fsp3) is 0.0385. The van der Waals surface area contributed by atoms with Crippen molar-refractivity contribution in [3.63, 3.8) is 0 Å². The van der Waals surface area contributed by atoms with Gasteiger partial charge < -0.3 is 10.6 Å². The third-order valence-electron chi connectivity index (χ3n) is 4.58. The maximum absolute atomic E-state index is 12.2. The number of benzene rings is 3. The predicted molar refractivity (Wildman–Crippen MR) is 127 cm³/mol. The lowest BCUT2D eigenvalue weighted by Gasteiger charge is -2.09. The zero-order valence-electron chi connectivity index (χ0n) is 17.5. The van der Waals surface area contributed by atoms with E-state index in [4.69, 9.17) is 0 Å². The Morgan fingerprint density at radius 3 is 2.47 bits per heavy atom. The van der Waals surface area contributed by atoms with E-state index in [1.54, 1.807) is 18.3 Å². The molecule has 0 aliphatic rings. The Bertz CT molecular complexity index is 1250. The van der Waals surface area contributed by atoms with Gasteiger partial charge in [-0.3, -0.25) is 14.6 Å². The molecule has 0 saturated heterocycles. The summed E-state index contributed by atoms with van der Waals surface area (Å²) in [6.07, 6.45) is 3.53. The van der Waals surface area contributed by atoms with Crippen LogP contribution in [-0.4, -0.2) is 17.3 Å². The van der Waals surface area contributed by atoms with Crippen molar-refractivity contribution >= 4 is 34.6 Å². The van der Waals surface area contributed by atoms with Crippen LogP contribution in [0, 0.1) is 12.7 Å². The van der Waals surface area contributed by atoms with Gasteiger partial charge in [0.2, 0.25) is 12.3 Å². The van der Waals surface area contributed by atoms with Gasteiger partial charge in [-0.25, -0.2) is 4.39 Å². The number of nitrogens with one attached hydrogen (secondary N) is 2. The summed E-state index contributed by atoms with van der Waals surface area (Å²) in [6, 6.07) is 21.6. The van der Waals surface area contributed by atoms with E-state index in [9.17, 15) is 14.0 Å². The van der Waals surface area contributed by atoms with Crippen LogP contribution in [0.3, 0.4) is 0 Å². The van der Waals surface area contributed by atoms with E-state index >= 15 is 0 Å². The predicted octanol–water partition coefficient (Wildman–Crippen LogP) is 5.73. The topological polar surface area (TPSA) is 71.1 Å². The monoisotopic (exact) mass is 427 g/mol. The summed E-state index contributed by atoms with van der Waals surface area (Å²) >= 11 is 0. The van der Waals surface area contributed by atoms with Gasteiger partial charge in [-0.05, 0) is 72.2 Å². The summed E-state index contributed by atoms with van der Waals surface area (Å²) in [4.78, 5) is 26.5. The van der Waals surface area contributed by atoms with E-state index in [-0.39, 0.29) is 11.7 Å². The van der Waals surface area contributed by atoms with Gasteiger partial charge in [0.05, 0.1) is 11.2 Å². The second-order valence-electron chi connectivity index (χ2n) is 6.93. The lowest BCUT2D eigenvalue weighted by molar-refractivity contribution is -0.112. The first kappa shape index (κ1) is 22.4. The normalized spacial score (nSPS) is 9.94. The largest absolute Gasteiger partial charge is 0.328 e. The molecule has 0 radical (unpaired) electrons. The lowest BCUT2D eigenvalue weighted by atomic mass is 10.0. The lowest BCUT2D eigenvalue weighted by Crippen LogP contribution is -2.06. The van der Waals surface area contributed by atoms with Crippen molar-refractivity contribution in [2.24, 2.45) is 0 Å². The summed E-state index contributed by atoms with van der Waals surface area (Å²) in [5.41, 5.74) is 5.05. The second-order valence-corrected chi connectivity index (χ2v) is 6.93. The number of anilines is 2. The number of rotatable bonds is 5. The summed E-state index contributed by atoms with van der Waals surface area (Å²) in [7, 11) is 0. The summed E-state index contributed by atoms with van der Waals surface area (Å²) in [5.74, 6) is -0.419. The van der Waals surface area contributed by atoms with Crippen molar-refractivity contribution in [3.05, 3.63) is 103 Å². The molecule has 3 aromatic carbocycles. The van der Waals surface area contributed by atoms with E-state index in [2.05, 4.69) is 22.2 Å². The van der Waals surface area contributed by atoms with Crippen LogP contribution in [0.1, 0.15) is 5.56 Å². The maximum Gasteiger partial charge on any atom is 0.247 e. The Labute approximate surface area is 185 Å². The number of hydrogen-bond donors (Lipinski definition) is 2. The number of nitrogens with zero attached hydrogens (tertiary/aromatic N) is 1. The Morgan fingerprint density at radius 2 is 1.78 bits per heavy atom. The highest BCUT2D eigenvalue weighted by Crippen LogP contribution is 2.29. The maximum atomic E-state index is 12.2. The van der Waals surface area contributed by atoms with E-state index in [1.807, 2.05) is 55.5 Å². The fourth-order valence-corrected chi connectivity index (χ4v) is 3.09. The SMILES string of the molecule is C=CC(=O)Nc1cccc(-c2ccc3nccc(NC=O)c3c2)c1.Cc1cccc(F)c1. The van der Waals surface area contributed by atoms with Crippen LogP contribution in [0.4, 0.5) is 15.8 Å². The molecule has 32 heavy (non-hydrogen) atoms. The molecule has 0 spiro atoms. The molecule has 0 unspecified atom stereocenters. The van der Waals surface area contributed by atoms with Crippen LogP contribution >= 0.6 is 0 Å². The van der Waals surface area contributed by atoms with E-state index in [0.29, 0.717) is 17.8 Å². The Hall–Kier alpha value is -4.32. The first-order valence-electron chi connectivity index (χ1n) is 9.85. The van der Waals surface area contributed by atoms with Gasteiger partial charge in [-0.2, -0.15) is 0 Å². The number of carbonyl (C=O) groups is 2. The van der Waals surface area contributed by atoms with Crippen LogP contribution in [0.2, 0.25) is 0 Å². The van der Waals surface area contributed by atoms with Gasteiger partial charge >= 0.3 is 0 Å². The van der Waals surface area contributed by atoms with Crippen LogP contribution in [-0.2, 0) is 9.59 Å². The van der Waals surface area contributed by atoms with Crippen LogP contribution in [0.15, 0.2) is 91.6 Å². The molecular formula is C26H22FN3O2. The quantitative estimate of drug-likeness (QED) is 0.316. The number of aryl methyl sites for hydroxylation is 1. The summed E-state index contributed by atoms with van der Waals surface area (Å²) in [6.45, 7) is 5.31. The molecule has 5 nitrogen and oxygen atoms in total. The molecule has 4 aromatic rings. The Kier molecular flexibility index (Phi) is 7.43. The summed E-state index contributed by atoms with van der Waals surface area (Å²) < 4.78 is 12.2. The van der Waals surface area contributed by atoms with Crippen molar-refractivity contribution in [1.29, 1.82) is 0 Å². The number of hydrogen-bond acceptors (Lipinski definition) is 3. The molecule has 0 fully saturated rings. The molecule has 0 aliphatic heterocycles. The van der Waals surface area contributed by atoms with Crippen LogP contribution < -0.4 is 10.6 Å². The Balaban J connectivity index is 0.000000305. The minimum absolute atomic E-state index is 0.162. The van der Waals surface area contributed by atoms with Crippen molar-refractivity contribution < 1.29 is 14.0 Å². The fourth-order valence-electron chi connectivity index (χ4n) is 3.09. The molecular weight excluding hydrogens is 405 g/mol. The first-order valence-corrected chi connectivity index (χ1v) is 9.85. The first-order chi connectivity index (χ1) is 15.5. The number of amides is 2. The van der Waals surface area contributed by atoms with E-state index in [0.717, 1.165) is 27.6 Å². The molecule has 0 atom stereocenters. The molecule has 2 amide bonds. The van der Waals surface area contributed by atoms with Crippen molar-refractivity contribution in [2.75, 3.05) is 10.6 Å². The van der Waals surface area contributed by atoms with Crippen molar-refractivity contribution in [2.45, 2.75) is 6.92 Å². The minimum atomic E-state index is -0.257. The highest BCUT2D eigenvalue weighted by Gasteiger charge is 2.06. The third-order valence-corrected chi connectivity index (χ3v) is 4.58. The van der Waals surface area contributed by atoms with Gasteiger partial charge in [-0.1, -0.05) is 36.9 Å². The number of fused-ring (bicyclic) bond motifs is 1. The number of pyridine rings is 1. The van der Waals surface area contributed by atoms with Gasteiger partial charge in [0.15, 0.2) is 0 Å². The standard InChI is InChI=1S/C19H15N3O2.C7H7F/c1-2-19(24)22-15-5-3-4-13(10-15)14-6-7-17-16(11-14)18(21-12-23)8-9-20-17;1-6-3-2-4-7(8)5-6/h2-12H,1H2,(H,22,24)(H,20,21,23);2-5H,1H3.